The van der Waals surface area contributed by atoms with Crippen LogP contribution in [0.3, 0.4) is 0 Å². The predicted molar refractivity (Wildman–Crippen MR) is 92.8 cm³/mol. The fourth-order valence-corrected chi connectivity index (χ4v) is 3.89. The summed E-state index contributed by atoms with van der Waals surface area (Å²) in [5.41, 5.74) is 1.19. The maximum absolute atomic E-state index is 13.2. The first-order valence-corrected chi connectivity index (χ1v) is 8.77. The van der Waals surface area contributed by atoms with Crippen molar-refractivity contribution in [2.45, 2.75) is 11.8 Å². The van der Waals surface area contributed by atoms with Gasteiger partial charge in [0.15, 0.2) is 0 Å². The highest BCUT2D eigenvalue weighted by molar-refractivity contribution is 7.93. The van der Waals surface area contributed by atoms with Crippen LogP contribution in [0.5, 0.6) is 5.75 Å². The van der Waals surface area contributed by atoms with E-state index in [1.54, 1.807) is 49.4 Å². The van der Waals surface area contributed by atoms with Crippen LogP contribution in [0.4, 0.5) is 5.69 Å². The molecule has 0 unspecified atom stereocenters. The second-order valence-electron chi connectivity index (χ2n) is 5.17. The number of sulfonamides is 1. The molecule has 2 aromatic rings. The van der Waals surface area contributed by atoms with Crippen molar-refractivity contribution >= 4 is 21.6 Å². The molecule has 0 spiro atoms. The summed E-state index contributed by atoms with van der Waals surface area (Å²) < 4.78 is 32.6. The van der Waals surface area contributed by atoms with E-state index in [9.17, 15) is 13.2 Å². The fraction of sp³-hybridized carbons (Fsp3) is 0.235. The van der Waals surface area contributed by atoms with Crippen molar-refractivity contribution in [3.63, 3.8) is 0 Å². The van der Waals surface area contributed by atoms with Gasteiger partial charge in [-0.2, -0.15) is 0 Å². The van der Waals surface area contributed by atoms with Crippen LogP contribution in [0.2, 0.25) is 0 Å². The molecule has 2 aromatic carbocycles. The summed E-state index contributed by atoms with van der Waals surface area (Å²) in [5, 5.41) is 2.45. The Hall–Kier alpha value is -2.54. The Morgan fingerprint density at radius 2 is 1.83 bits per heavy atom. The Labute approximate surface area is 142 Å². The molecule has 24 heavy (non-hydrogen) atoms. The topological polar surface area (TPSA) is 75.7 Å². The molecule has 7 heteroatoms. The second-order valence-corrected chi connectivity index (χ2v) is 7.01. The van der Waals surface area contributed by atoms with Crippen molar-refractivity contribution in [1.29, 1.82) is 0 Å². The highest BCUT2D eigenvalue weighted by Crippen LogP contribution is 2.30. The van der Waals surface area contributed by atoms with Gasteiger partial charge in [-0.3, -0.25) is 9.10 Å². The summed E-state index contributed by atoms with van der Waals surface area (Å²) in [7, 11) is -1.10. The van der Waals surface area contributed by atoms with Gasteiger partial charge in [-0.05, 0) is 36.8 Å². The molecule has 0 heterocycles. The van der Waals surface area contributed by atoms with Crippen molar-refractivity contribution < 1.29 is 17.9 Å². The van der Waals surface area contributed by atoms with Gasteiger partial charge >= 0.3 is 0 Å². The van der Waals surface area contributed by atoms with Crippen molar-refractivity contribution in [1.82, 2.24) is 5.32 Å². The third-order valence-electron chi connectivity index (χ3n) is 3.50. The zero-order valence-electron chi connectivity index (χ0n) is 13.8. The van der Waals surface area contributed by atoms with Crippen LogP contribution in [0.1, 0.15) is 5.56 Å². The smallest absolute Gasteiger partial charge is 0.268 e. The maximum atomic E-state index is 13.2. The number of carbonyl (C=O) groups is 1. The molecule has 0 bridgehead atoms. The number of nitrogens with one attached hydrogen (secondary N) is 1. The van der Waals surface area contributed by atoms with E-state index in [2.05, 4.69) is 5.32 Å². The largest absolute Gasteiger partial charge is 0.495 e. The van der Waals surface area contributed by atoms with E-state index in [-0.39, 0.29) is 17.2 Å². The molecule has 0 aliphatic heterocycles. The summed E-state index contributed by atoms with van der Waals surface area (Å²) >= 11 is 0. The number of anilines is 1. The van der Waals surface area contributed by atoms with Gasteiger partial charge in [-0.25, -0.2) is 8.42 Å². The SMILES string of the molecule is CNC(=O)CN(c1ccccc1)S(=O)(=O)c1cc(C)ccc1OC. The summed E-state index contributed by atoms with van der Waals surface area (Å²) in [4.78, 5) is 11.9. The van der Waals surface area contributed by atoms with Gasteiger partial charge in [0.25, 0.3) is 10.0 Å². The van der Waals surface area contributed by atoms with Crippen LogP contribution in [0.25, 0.3) is 0 Å². The van der Waals surface area contributed by atoms with E-state index in [1.807, 2.05) is 0 Å². The molecule has 0 fully saturated rings. The van der Waals surface area contributed by atoms with Crippen molar-refractivity contribution in [2.24, 2.45) is 0 Å². The van der Waals surface area contributed by atoms with Gasteiger partial charge in [-0.15, -0.1) is 0 Å². The average Bonchev–Trinajstić information content (AvgIpc) is 2.59. The van der Waals surface area contributed by atoms with Gasteiger partial charge in [0.1, 0.15) is 17.2 Å². The molecule has 0 saturated carbocycles. The standard InChI is InChI=1S/C17H20N2O4S/c1-13-9-10-15(23-3)16(11-13)24(21,22)19(12-17(20)18-2)14-7-5-4-6-8-14/h4-11H,12H2,1-3H3,(H,18,20). The lowest BCUT2D eigenvalue weighted by molar-refractivity contribution is -0.119. The number of nitrogens with zero attached hydrogens (tertiary/aromatic N) is 1. The molecule has 1 N–H and O–H groups in total. The molecule has 0 saturated heterocycles. The monoisotopic (exact) mass is 348 g/mol. The van der Waals surface area contributed by atoms with E-state index >= 15 is 0 Å². The molecule has 2 rings (SSSR count). The number of benzene rings is 2. The van der Waals surface area contributed by atoms with E-state index < -0.39 is 15.9 Å². The highest BCUT2D eigenvalue weighted by atomic mass is 32.2. The second kappa shape index (κ2) is 7.35. The lowest BCUT2D eigenvalue weighted by Gasteiger charge is -2.24. The first-order chi connectivity index (χ1) is 11.4. The lowest BCUT2D eigenvalue weighted by Crippen LogP contribution is -2.39. The Morgan fingerprint density at radius 3 is 2.42 bits per heavy atom. The molecule has 128 valence electrons. The van der Waals surface area contributed by atoms with Gasteiger partial charge < -0.3 is 10.1 Å². The van der Waals surface area contributed by atoms with Gasteiger partial charge in [-0.1, -0.05) is 24.3 Å². The number of para-hydroxylation sites is 1. The summed E-state index contributed by atoms with van der Waals surface area (Å²) in [5.74, 6) is -0.174. The number of hydrogen-bond donors (Lipinski definition) is 1. The molecular weight excluding hydrogens is 328 g/mol. The normalized spacial score (nSPS) is 11.0. The Kier molecular flexibility index (Phi) is 5.46. The number of aryl methyl sites for hydroxylation is 1. The van der Waals surface area contributed by atoms with Crippen LogP contribution in [-0.2, 0) is 14.8 Å². The van der Waals surface area contributed by atoms with Gasteiger partial charge in [0, 0.05) is 7.05 Å². The maximum Gasteiger partial charge on any atom is 0.268 e. The molecule has 0 aliphatic carbocycles. The van der Waals surface area contributed by atoms with Crippen molar-refractivity contribution in [3.8, 4) is 5.75 Å². The zero-order valence-corrected chi connectivity index (χ0v) is 14.6. The molecule has 0 radical (unpaired) electrons. The molecule has 0 atom stereocenters. The van der Waals surface area contributed by atoms with E-state index in [4.69, 9.17) is 4.74 Å². The van der Waals surface area contributed by atoms with Crippen molar-refractivity contribution in [2.75, 3.05) is 25.0 Å². The number of methoxy groups -OCH3 is 1. The highest BCUT2D eigenvalue weighted by Gasteiger charge is 2.29. The number of hydrogen-bond acceptors (Lipinski definition) is 4. The Balaban J connectivity index is 2.60. The minimum absolute atomic E-state index is 0.0257. The van der Waals surface area contributed by atoms with E-state index in [0.29, 0.717) is 5.69 Å². The van der Waals surface area contributed by atoms with Crippen molar-refractivity contribution in [3.05, 3.63) is 54.1 Å². The minimum atomic E-state index is -3.98. The molecule has 0 aliphatic rings. The van der Waals surface area contributed by atoms with Crippen LogP contribution in [-0.4, -0.2) is 35.0 Å². The predicted octanol–water partition coefficient (Wildman–Crippen LogP) is 1.94. The fourth-order valence-electron chi connectivity index (χ4n) is 2.22. The van der Waals surface area contributed by atoms with Crippen LogP contribution in [0, 0.1) is 6.92 Å². The summed E-state index contributed by atoms with van der Waals surface area (Å²) in [6.45, 7) is 1.48. The number of rotatable bonds is 6. The summed E-state index contributed by atoms with van der Waals surface area (Å²) in [6, 6.07) is 13.4. The average molecular weight is 348 g/mol. The van der Waals surface area contributed by atoms with E-state index in [0.717, 1.165) is 9.87 Å². The third kappa shape index (κ3) is 3.68. The minimum Gasteiger partial charge on any atom is -0.495 e. The Bertz CT molecular complexity index is 820. The molecule has 0 aromatic heterocycles. The number of amides is 1. The van der Waals surface area contributed by atoms with Crippen LogP contribution in [0.15, 0.2) is 53.4 Å². The zero-order chi connectivity index (χ0) is 17.7. The Morgan fingerprint density at radius 1 is 1.17 bits per heavy atom. The van der Waals surface area contributed by atoms with Gasteiger partial charge in [0.2, 0.25) is 5.91 Å². The third-order valence-corrected chi connectivity index (χ3v) is 5.29. The first kappa shape index (κ1) is 17.8. The number of carbonyl (C=O) groups excluding carboxylic acids is 1. The van der Waals surface area contributed by atoms with Crippen LogP contribution < -0.4 is 14.4 Å². The quantitative estimate of drug-likeness (QED) is 0.866. The molecular formula is C17H20N2O4S. The van der Waals surface area contributed by atoms with E-state index in [1.165, 1.54) is 20.2 Å². The number of likely N-dealkylation sites (N-methyl/N-ethyl adjacent to an activating group) is 1. The van der Waals surface area contributed by atoms with Crippen LogP contribution >= 0.6 is 0 Å². The van der Waals surface area contributed by atoms with Gasteiger partial charge in [0.05, 0.1) is 12.8 Å². The lowest BCUT2D eigenvalue weighted by atomic mass is 10.2. The summed E-state index contributed by atoms with van der Waals surface area (Å²) in [6.07, 6.45) is 0. The first-order valence-electron chi connectivity index (χ1n) is 7.33. The molecule has 1 amide bonds. The molecule has 6 nitrogen and oxygen atoms in total. The number of ether oxygens (including phenoxy) is 1.